The molecule has 3 rings (SSSR count). The van der Waals surface area contributed by atoms with Crippen LogP contribution in [0.15, 0.2) is 40.1 Å². The quantitative estimate of drug-likeness (QED) is 0.533. The molecule has 0 aliphatic carbocycles. The fourth-order valence-electron chi connectivity index (χ4n) is 3.01. The van der Waals surface area contributed by atoms with Gasteiger partial charge < -0.3 is 20.3 Å². The minimum Gasteiger partial charge on any atom is -0.388 e. The normalized spacial score (nSPS) is 24.7. The van der Waals surface area contributed by atoms with Crippen LogP contribution < -0.4 is 16.6 Å². The Labute approximate surface area is 164 Å². The number of benzene rings is 1. The highest BCUT2D eigenvalue weighted by atomic mass is 35.5. The molecule has 0 unspecified atom stereocenters. The molecule has 1 fully saturated rings. The number of aromatic nitrogens is 2. The van der Waals surface area contributed by atoms with Crippen LogP contribution in [0.1, 0.15) is 15.9 Å². The molecule has 0 bridgehead atoms. The van der Waals surface area contributed by atoms with E-state index >= 15 is 0 Å². The lowest BCUT2D eigenvalue weighted by Gasteiger charge is -2.38. The van der Waals surface area contributed by atoms with Gasteiger partial charge in [-0.05, 0) is 19.1 Å². The van der Waals surface area contributed by atoms with Crippen LogP contribution in [0.3, 0.4) is 0 Å². The van der Waals surface area contributed by atoms with Gasteiger partial charge in [0.15, 0.2) is 0 Å². The number of nitrogens with one attached hydrogen (secondary N) is 2. The first-order valence-electron chi connectivity index (χ1n) is 8.61. The van der Waals surface area contributed by atoms with E-state index in [2.05, 4.69) is 10.3 Å². The molecular formula is C18H20ClN3O6. The first kappa shape index (κ1) is 20.3. The number of H-pyrrole nitrogens is 1. The Bertz CT molecular complexity index is 988. The third kappa shape index (κ3) is 4.17. The van der Waals surface area contributed by atoms with Crippen molar-refractivity contribution in [2.75, 3.05) is 6.61 Å². The van der Waals surface area contributed by atoms with Gasteiger partial charge in [0.05, 0.1) is 29.8 Å². The average Bonchev–Trinajstić information content (AvgIpc) is 2.65. The van der Waals surface area contributed by atoms with Crippen molar-refractivity contribution in [3.05, 3.63) is 67.4 Å². The topological polar surface area (TPSA) is 134 Å². The maximum absolute atomic E-state index is 12.3. The molecule has 4 N–H and O–H groups in total. The van der Waals surface area contributed by atoms with E-state index in [0.717, 1.165) is 0 Å². The summed E-state index contributed by atoms with van der Waals surface area (Å²) in [6, 6.07) is 5.59. The van der Waals surface area contributed by atoms with E-state index in [0.29, 0.717) is 5.56 Å². The number of aromatic amines is 1. The second kappa shape index (κ2) is 8.27. The minimum absolute atomic E-state index is 0.0696. The van der Waals surface area contributed by atoms with E-state index in [1.807, 2.05) is 0 Å². The second-order valence-corrected chi connectivity index (χ2v) is 7.04. The van der Waals surface area contributed by atoms with Gasteiger partial charge in [0, 0.05) is 11.8 Å². The molecule has 1 aliphatic heterocycles. The number of nitrogens with zero attached hydrogens (tertiary/aromatic N) is 1. The highest BCUT2D eigenvalue weighted by Gasteiger charge is 2.39. The summed E-state index contributed by atoms with van der Waals surface area (Å²) in [5.74, 6) is -0.503. The second-order valence-electron chi connectivity index (χ2n) is 6.64. The van der Waals surface area contributed by atoms with Crippen LogP contribution in [0.25, 0.3) is 0 Å². The molecule has 0 radical (unpaired) electrons. The van der Waals surface area contributed by atoms with Gasteiger partial charge in [0.1, 0.15) is 18.3 Å². The van der Waals surface area contributed by atoms with Gasteiger partial charge >= 0.3 is 5.69 Å². The van der Waals surface area contributed by atoms with Gasteiger partial charge in [-0.3, -0.25) is 19.1 Å². The summed E-state index contributed by atoms with van der Waals surface area (Å²) < 4.78 is 6.75. The van der Waals surface area contributed by atoms with Gasteiger partial charge in [-0.1, -0.05) is 23.7 Å². The van der Waals surface area contributed by atoms with Gasteiger partial charge in [0.25, 0.3) is 11.5 Å². The number of hydrogen-bond acceptors (Lipinski definition) is 6. The predicted octanol–water partition coefficient (Wildman–Crippen LogP) is -0.582. The molecule has 1 aromatic heterocycles. The molecular weight excluding hydrogens is 390 g/mol. The molecule has 1 amide bonds. The van der Waals surface area contributed by atoms with Crippen molar-refractivity contribution in [2.45, 2.75) is 37.8 Å². The maximum atomic E-state index is 12.3. The Hall–Kier alpha value is -2.46. The van der Waals surface area contributed by atoms with E-state index in [1.54, 1.807) is 25.1 Å². The summed E-state index contributed by atoms with van der Waals surface area (Å²) in [6.07, 6.45) is -2.21. The van der Waals surface area contributed by atoms with Crippen LogP contribution in [0, 0.1) is 6.92 Å². The van der Waals surface area contributed by atoms with E-state index in [9.17, 15) is 24.6 Å². The van der Waals surface area contributed by atoms with E-state index in [4.69, 9.17) is 16.3 Å². The third-order valence-electron chi connectivity index (χ3n) is 4.63. The van der Waals surface area contributed by atoms with Crippen LogP contribution in [-0.4, -0.2) is 56.6 Å². The summed E-state index contributed by atoms with van der Waals surface area (Å²) in [5, 5.41) is 23.6. The number of hydrogen-bond donors (Lipinski definition) is 4. The van der Waals surface area contributed by atoms with Crippen molar-refractivity contribution in [3.63, 3.8) is 0 Å². The van der Waals surface area contributed by atoms with Crippen molar-refractivity contribution in [3.8, 4) is 0 Å². The lowest BCUT2D eigenvalue weighted by Crippen LogP contribution is -2.60. The Kier molecular flexibility index (Phi) is 5.99. The molecule has 1 aromatic carbocycles. The van der Waals surface area contributed by atoms with Crippen LogP contribution in [0.4, 0.5) is 0 Å². The fraction of sp³-hybridized carbons (Fsp3) is 0.389. The highest BCUT2D eigenvalue weighted by Crippen LogP contribution is 2.19. The Morgan fingerprint density at radius 3 is 2.75 bits per heavy atom. The summed E-state index contributed by atoms with van der Waals surface area (Å²) in [7, 11) is 0. The molecule has 4 atom stereocenters. The number of halogens is 1. The monoisotopic (exact) mass is 409 g/mol. The first-order valence-corrected chi connectivity index (χ1v) is 8.99. The zero-order valence-corrected chi connectivity index (χ0v) is 15.7. The van der Waals surface area contributed by atoms with Crippen LogP contribution in [0.5, 0.6) is 0 Å². The number of carbonyl (C=O) groups is 1. The standard InChI is InChI=1S/C18H20ClN3O6/c1-9-6-22(18(27)21-16(9)25)7-13-15(24)14(23)12(8-28-13)20-17(26)10-4-2-3-5-11(10)19/h2-6,12-15,23-24H,7-8H2,1H3,(H,20,26)(H,21,25,27)/t12-,13-,14+,15-/m1/s1. The molecule has 2 heterocycles. The van der Waals surface area contributed by atoms with Gasteiger partial charge in [-0.15, -0.1) is 0 Å². The van der Waals surface area contributed by atoms with Crippen molar-refractivity contribution in [1.82, 2.24) is 14.9 Å². The lowest BCUT2D eigenvalue weighted by molar-refractivity contribution is -0.152. The van der Waals surface area contributed by atoms with Crippen LogP contribution in [0.2, 0.25) is 5.02 Å². The number of amides is 1. The molecule has 0 spiro atoms. The molecule has 1 saturated heterocycles. The molecule has 0 saturated carbocycles. The summed E-state index contributed by atoms with van der Waals surface area (Å²) >= 11 is 5.99. The average molecular weight is 410 g/mol. The smallest absolute Gasteiger partial charge is 0.328 e. The van der Waals surface area contributed by atoms with Gasteiger partial charge in [0.2, 0.25) is 0 Å². The predicted molar refractivity (Wildman–Crippen MR) is 101 cm³/mol. The highest BCUT2D eigenvalue weighted by molar-refractivity contribution is 6.33. The molecule has 9 nitrogen and oxygen atoms in total. The largest absolute Gasteiger partial charge is 0.388 e. The maximum Gasteiger partial charge on any atom is 0.328 e. The summed E-state index contributed by atoms with van der Waals surface area (Å²) in [4.78, 5) is 37.9. The fourth-order valence-corrected chi connectivity index (χ4v) is 3.23. The van der Waals surface area contributed by atoms with Crippen molar-refractivity contribution in [2.24, 2.45) is 0 Å². The number of aliphatic hydroxyl groups excluding tert-OH is 2. The zero-order chi connectivity index (χ0) is 20.4. The zero-order valence-electron chi connectivity index (χ0n) is 15.0. The molecule has 10 heteroatoms. The van der Waals surface area contributed by atoms with E-state index in [1.165, 1.54) is 16.8 Å². The van der Waals surface area contributed by atoms with E-state index < -0.39 is 41.5 Å². The number of aliphatic hydroxyl groups is 2. The Morgan fingerprint density at radius 1 is 1.32 bits per heavy atom. The number of ether oxygens (including phenoxy) is 1. The molecule has 150 valence electrons. The van der Waals surface area contributed by atoms with Crippen molar-refractivity contribution in [1.29, 1.82) is 0 Å². The Balaban J connectivity index is 1.68. The van der Waals surface area contributed by atoms with Gasteiger partial charge in [-0.25, -0.2) is 4.79 Å². The van der Waals surface area contributed by atoms with E-state index in [-0.39, 0.29) is 23.7 Å². The lowest BCUT2D eigenvalue weighted by atomic mass is 9.97. The number of carbonyl (C=O) groups excluding carboxylic acids is 1. The molecule has 1 aliphatic rings. The number of aryl methyl sites for hydroxylation is 1. The van der Waals surface area contributed by atoms with Crippen LogP contribution in [-0.2, 0) is 11.3 Å². The number of rotatable bonds is 4. The minimum atomic E-state index is -1.36. The van der Waals surface area contributed by atoms with Gasteiger partial charge in [-0.2, -0.15) is 0 Å². The molecule has 2 aromatic rings. The third-order valence-corrected chi connectivity index (χ3v) is 4.96. The summed E-state index contributed by atoms with van der Waals surface area (Å²) in [6.45, 7) is 1.40. The Morgan fingerprint density at radius 2 is 2.04 bits per heavy atom. The van der Waals surface area contributed by atoms with Crippen molar-refractivity contribution < 1.29 is 19.7 Å². The van der Waals surface area contributed by atoms with Crippen molar-refractivity contribution >= 4 is 17.5 Å². The summed E-state index contributed by atoms with van der Waals surface area (Å²) in [5.41, 5.74) is -0.567. The van der Waals surface area contributed by atoms with Crippen LogP contribution >= 0.6 is 11.6 Å². The first-order chi connectivity index (χ1) is 13.3. The SMILES string of the molecule is Cc1cn(C[C@H]2OC[C@@H](NC(=O)c3ccccc3Cl)[C@H](O)[C@@H]2O)c(=O)[nH]c1=O. The molecule has 28 heavy (non-hydrogen) atoms.